The lowest BCUT2D eigenvalue weighted by atomic mass is 10.1. The van der Waals surface area contributed by atoms with Crippen LogP contribution >= 0.6 is 0 Å². The molecule has 2 heterocycles. The molecule has 7 nitrogen and oxygen atoms in total. The number of nitrogens with zero attached hydrogens (tertiary/aromatic N) is 3. The van der Waals surface area contributed by atoms with Crippen LogP contribution in [0.15, 0.2) is 60.7 Å². The molecule has 1 aliphatic rings. The van der Waals surface area contributed by atoms with Crippen molar-refractivity contribution < 1.29 is 14.3 Å². The summed E-state index contributed by atoms with van der Waals surface area (Å²) < 4.78 is 10.8. The third kappa shape index (κ3) is 4.75. The molecule has 1 N–H and O–H groups in total. The summed E-state index contributed by atoms with van der Waals surface area (Å²) in [6, 6.07) is 18.6. The molecule has 1 aromatic heterocycles. The van der Waals surface area contributed by atoms with E-state index in [0.29, 0.717) is 31.1 Å². The number of benzene rings is 2. The van der Waals surface area contributed by atoms with Crippen LogP contribution in [0.5, 0.6) is 5.75 Å². The van der Waals surface area contributed by atoms with Gasteiger partial charge in [-0.1, -0.05) is 12.1 Å². The van der Waals surface area contributed by atoms with Crippen LogP contribution in [-0.4, -0.2) is 49.0 Å². The Morgan fingerprint density at radius 1 is 1.07 bits per heavy atom. The number of hydrogen-bond donors (Lipinski definition) is 1. The average molecular weight is 404 g/mol. The molecule has 4 rings (SSSR count). The summed E-state index contributed by atoms with van der Waals surface area (Å²) in [5.41, 5.74) is 2.91. The van der Waals surface area contributed by atoms with E-state index in [-0.39, 0.29) is 5.91 Å². The number of carbonyl (C=O) groups is 1. The van der Waals surface area contributed by atoms with E-state index in [1.165, 1.54) is 0 Å². The Hall–Kier alpha value is -3.45. The molecule has 30 heavy (non-hydrogen) atoms. The number of morpholine rings is 1. The number of rotatable bonds is 6. The minimum absolute atomic E-state index is 0.177. The summed E-state index contributed by atoms with van der Waals surface area (Å²) in [6.07, 6.45) is 0. The smallest absolute Gasteiger partial charge is 0.255 e. The van der Waals surface area contributed by atoms with Crippen molar-refractivity contribution in [3.63, 3.8) is 0 Å². The molecule has 1 aliphatic heterocycles. The molecule has 1 saturated heterocycles. The van der Waals surface area contributed by atoms with Gasteiger partial charge in [-0.25, -0.2) is 0 Å². The molecule has 0 unspecified atom stereocenters. The van der Waals surface area contributed by atoms with Crippen LogP contribution in [0.25, 0.3) is 11.3 Å². The maximum Gasteiger partial charge on any atom is 0.255 e. The first kappa shape index (κ1) is 19.8. The van der Waals surface area contributed by atoms with Crippen LogP contribution in [0.3, 0.4) is 0 Å². The minimum Gasteiger partial charge on any atom is -0.494 e. The van der Waals surface area contributed by atoms with Gasteiger partial charge in [0.2, 0.25) is 0 Å². The molecule has 0 bridgehead atoms. The maximum atomic E-state index is 12.6. The second-order valence-corrected chi connectivity index (χ2v) is 6.87. The van der Waals surface area contributed by atoms with Gasteiger partial charge in [-0.2, -0.15) is 0 Å². The van der Waals surface area contributed by atoms with Gasteiger partial charge in [0.1, 0.15) is 5.75 Å². The highest BCUT2D eigenvalue weighted by molar-refractivity contribution is 6.04. The third-order valence-corrected chi connectivity index (χ3v) is 4.83. The third-order valence-electron chi connectivity index (χ3n) is 4.83. The summed E-state index contributed by atoms with van der Waals surface area (Å²) in [5.74, 6) is 1.42. The lowest BCUT2D eigenvalue weighted by Crippen LogP contribution is -2.36. The molecule has 1 fully saturated rings. The van der Waals surface area contributed by atoms with Crippen LogP contribution in [0.1, 0.15) is 17.3 Å². The average Bonchev–Trinajstić information content (AvgIpc) is 2.81. The molecular formula is C23H24N4O3. The van der Waals surface area contributed by atoms with Crippen molar-refractivity contribution in [2.75, 3.05) is 43.1 Å². The highest BCUT2D eigenvalue weighted by atomic mass is 16.5. The van der Waals surface area contributed by atoms with Crippen LogP contribution < -0.4 is 15.0 Å². The Kier molecular flexibility index (Phi) is 6.20. The Bertz CT molecular complexity index is 984. The topological polar surface area (TPSA) is 76.6 Å². The van der Waals surface area contributed by atoms with E-state index in [9.17, 15) is 4.79 Å². The van der Waals surface area contributed by atoms with Gasteiger partial charge in [-0.05, 0) is 55.5 Å². The van der Waals surface area contributed by atoms with Gasteiger partial charge in [-0.15, -0.1) is 10.2 Å². The zero-order chi connectivity index (χ0) is 20.8. The van der Waals surface area contributed by atoms with Gasteiger partial charge in [-0.3, -0.25) is 4.79 Å². The number of ether oxygens (including phenoxy) is 2. The zero-order valence-electron chi connectivity index (χ0n) is 16.9. The second-order valence-electron chi connectivity index (χ2n) is 6.87. The van der Waals surface area contributed by atoms with Gasteiger partial charge in [0.25, 0.3) is 5.91 Å². The lowest BCUT2D eigenvalue weighted by molar-refractivity contribution is 0.102. The van der Waals surface area contributed by atoms with Crippen LogP contribution in [0.2, 0.25) is 0 Å². The van der Waals surface area contributed by atoms with E-state index >= 15 is 0 Å². The number of carbonyl (C=O) groups excluding carboxylic acids is 1. The summed E-state index contributed by atoms with van der Waals surface area (Å²) in [7, 11) is 0. The molecule has 1 amide bonds. The Balaban J connectivity index is 1.45. The maximum absolute atomic E-state index is 12.6. The number of hydrogen-bond acceptors (Lipinski definition) is 6. The quantitative estimate of drug-likeness (QED) is 0.676. The van der Waals surface area contributed by atoms with Crippen molar-refractivity contribution >= 4 is 17.4 Å². The number of nitrogens with one attached hydrogen (secondary N) is 1. The van der Waals surface area contributed by atoms with Gasteiger partial charge in [0, 0.05) is 29.9 Å². The van der Waals surface area contributed by atoms with Crippen LogP contribution in [0, 0.1) is 0 Å². The number of aromatic nitrogens is 2. The van der Waals surface area contributed by atoms with E-state index in [0.717, 1.165) is 35.9 Å². The molecule has 154 valence electrons. The van der Waals surface area contributed by atoms with Crippen molar-refractivity contribution in [2.45, 2.75) is 6.92 Å². The molecule has 3 aromatic rings. The fraction of sp³-hybridized carbons (Fsp3) is 0.261. The molecular weight excluding hydrogens is 380 g/mol. The van der Waals surface area contributed by atoms with Crippen molar-refractivity contribution in [1.29, 1.82) is 0 Å². The van der Waals surface area contributed by atoms with Crippen LogP contribution in [-0.2, 0) is 4.74 Å². The molecule has 0 aliphatic carbocycles. The summed E-state index contributed by atoms with van der Waals surface area (Å²) in [4.78, 5) is 14.7. The molecule has 7 heteroatoms. The van der Waals surface area contributed by atoms with E-state index in [2.05, 4.69) is 20.4 Å². The summed E-state index contributed by atoms with van der Waals surface area (Å²) in [5, 5.41) is 11.7. The van der Waals surface area contributed by atoms with E-state index in [4.69, 9.17) is 9.47 Å². The first-order valence-electron chi connectivity index (χ1n) is 10.0. The monoisotopic (exact) mass is 404 g/mol. The second kappa shape index (κ2) is 9.37. The summed E-state index contributed by atoms with van der Waals surface area (Å²) >= 11 is 0. The van der Waals surface area contributed by atoms with E-state index < -0.39 is 0 Å². The normalized spacial score (nSPS) is 13.7. The number of anilines is 2. The summed E-state index contributed by atoms with van der Waals surface area (Å²) in [6.45, 7) is 5.57. The molecule has 0 atom stereocenters. The zero-order valence-corrected chi connectivity index (χ0v) is 16.9. The lowest BCUT2D eigenvalue weighted by Gasteiger charge is -2.27. The van der Waals surface area contributed by atoms with E-state index in [1.807, 2.05) is 43.3 Å². The minimum atomic E-state index is -0.177. The SMILES string of the molecule is CCOc1ccc(C(=O)Nc2cccc(-c3ccc(N4CCOCC4)nn3)c2)cc1. The molecule has 0 saturated carbocycles. The van der Waals surface area contributed by atoms with Crippen molar-refractivity contribution in [2.24, 2.45) is 0 Å². The van der Waals surface area contributed by atoms with Gasteiger partial charge in [0.05, 0.1) is 25.5 Å². The Morgan fingerprint density at radius 3 is 2.57 bits per heavy atom. The fourth-order valence-electron chi connectivity index (χ4n) is 3.27. The van der Waals surface area contributed by atoms with Gasteiger partial charge in [0.15, 0.2) is 5.82 Å². The predicted octanol–water partition coefficient (Wildman–Crippen LogP) is 3.63. The highest BCUT2D eigenvalue weighted by Gasteiger charge is 2.13. The highest BCUT2D eigenvalue weighted by Crippen LogP contribution is 2.23. The van der Waals surface area contributed by atoms with E-state index in [1.54, 1.807) is 24.3 Å². The molecule has 0 radical (unpaired) electrons. The largest absolute Gasteiger partial charge is 0.494 e. The predicted molar refractivity (Wildman–Crippen MR) is 116 cm³/mol. The van der Waals surface area contributed by atoms with Gasteiger partial charge >= 0.3 is 0 Å². The Morgan fingerprint density at radius 2 is 1.87 bits per heavy atom. The number of amides is 1. The van der Waals surface area contributed by atoms with Crippen molar-refractivity contribution in [3.05, 3.63) is 66.2 Å². The first-order valence-corrected chi connectivity index (χ1v) is 10.0. The van der Waals surface area contributed by atoms with Crippen molar-refractivity contribution in [3.8, 4) is 17.0 Å². The van der Waals surface area contributed by atoms with Crippen molar-refractivity contribution in [1.82, 2.24) is 10.2 Å². The standard InChI is InChI=1S/C23H24N4O3/c1-2-30-20-8-6-17(7-9-20)23(28)24-19-5-3-4-18(16-19)21-10-11-22(26-25-21)27-12-14-29-15-13-27/h3-11,16H,2,12-15H2,1H3,(H,24,28). The molecule has 2 aromatic carbocycles. The first-order chi connectivity index (χ1) is 14.7. The fourth-order valence-corrected chi connectivity index (χ4v) is 3.27. The van der Waals surface area contributed by atoms with Gasteiger partial charge < -0.3 is 19.7 Å². The van der Waals surface area contributed by atoms with Crippen LogP contribution in [0.4, 0.5) is 11.5 Å². The molecule has 0 spiro atoms. The Labute approximate surface area is 175 Å².